The van der Waals surface area contributed by atoms with E-state index in [0.29, 0.717) is 31.3 Å². The standard InChI is InChI=1S/C18H30N2O6S/c1-17(2,12-21)14-11-15(20-26-14)19-16(22)18(3,4)27(23,24)10-7-13-5-8-25-9-6-13/h11,13,21H,5-10,12H2,1-4H3,(H,19,20,22). The Hall–Kier alpha value is -1.45. The third-order valence-electron chi connectivity index (χ3n) is 5.27. The van der Waals surface area contributed by atoms with Crippen LogP contribution in [0.15, 0.2) is 10.6 Å². The van der Waals surface area contributed by atoms with E-state index in [2.05, 4.69) is 10.5 Å². The largest absolute Gasteiger partial charge is 0.395 e. The van der Waals surface area contributed by atoms with Crippen LogP contribution in [0.1, 0.15) is 52.7 Å². The minimum absolute atomic E-state index is 0.0420. The van der Waals surface area contributed by atoms with Crippen molar-refractivity contribution in [3.63, 3.8) is 0 Å². The van der Waals surface area contributed by atoms with Crippen molar-refractivity contribution in [3.05, 3.63) is 11.8 Å². The molecule has 0 aliphatic carbocycles. The minimum atomic E-state index is -3.66. The van der Waals surface area contributed by atoms with Crippen molar-refractivity contribution in [2.75, 3.05) is 30.9 Å². The van der Waals surface area contributed by atoms with Gasteiger partial charge >= 0.3 is 0 Å². The summed E-state index contributed by atoms with van der Waals surface area (Å²) in [5.41, 5.74) is -0.652. The molecule has 2 rings (SSSR count). The fourth-order valence-corrected chi connectivity index (χ4v) is 4.24. The number of hydrogen-bond acceptors (Lipinski definition) is 7. The summed E-state index contributed by atoms with van der Waals surface area (Å²) in [6.45, 7) is 7.51. The van der Waals surface area contributed by atoms with E-state index < -0.39 is 25.9 Å². The molecule has 1 saturated heterocycles. The van der Waals surface area contributed by atoms with E-state index in [1.54, 1.807) is 13.8 Å². The number of amides is 1. The van der Waals surface area contributed by atoms with E-state index in [-0.39, 0.29) is 18.2 Å². The van der Waals surface area contributed by atoms with Gasteiger partial charge in [-0.25, -0.2) is 8.42 Å². The number of carbonyl (C=O) groups excluding carboxylic acids is 1. The van der Waals surface area contributed by atoms with Crippen molar-refractivity contribution < 1.29 is 27.6 Å². The molecular weight excluding hydrogens is 372 g/mol. The molecule has 1 aliphatic heterocycles. The number of anilines is 1. The molecule has 9 heteroatoms. The molecule has 2 N–H and O–H groups in total. The van der Waals surface area contributed by atoms with Crippen LogP contribution in [0.25, 0.3) is 0 Å². The molecule has 27 heavy (non-hydrogen) atoms. The molecule has 0 unspecified atom stereocenters. The van der Waals surface area contributed by atoms with Gasteiger partial charge in [0, 0.05) is 24.7 Å². The van der Waals surface area contributed by atoms with E-state index in [0.717, 1.165) is 12.8 Å². The van der Waals surface area contributed by atoms with Gasteiger partial charge in [0.2, 0.25) is 5.91 Å². The van der Waals surface area contributed by atoms with Gasteiger partial charge in [-0.1, -0.05) is 19.0 Å². The lowest BCUT2D eigenvalue weighted by molar-refractivity contribution is -0.117. The average molecular weight is 403 g/mol. The van der Waals surface area contributed by atoms with Crippen LogP contribution in [0.2, 0.25) is 0 Å². The highest BCUT2D eigenvalue weighted by Gasteiger charge is 2.42. The summed E-state index contributed by atoms with van der Waals surface area (Å²) in [4.78, 5) is 12.6. The number of sulfone groups is 1. The first-order valence-corrected chi connectivity index (χ1v) is 10.8. The second kappa shape index (κ2) is 8.28. The lowest BCUT2D eigenvalue weighted by atomic mass is 9.92. The molecule has 0 atom stereocenters. The smallest absolute Gasteiger partial charge is 0.246 e. The van der Waals surface area contributed by atoms with Gasteiger partial charge < -0.3 is 19.7 Å². The Labute approximate surface area is 160 Å². The number of nitrogens with one attached hydrogen (secondary N) is 1. The molecule has 0 saturated carbocycles. The van der Waals surface area contributed by atoms with E-state index >= 15 is 0 Å². The molecule has 1 amide bonds. The molecule has 0 radical (unpaired) electrons. The summed E-state index contributed by atoms with van der Waals surface area (Å²) >= 11 is 0. The van der Waals surface area contributed by atoms with E-state index in [1.807, 2.05) is 0 Å². The first kappa shape index (κ1) is 21.8. The topological polar surface area (TPSA) is 119 Å². The maximum absolute atomic E-state index is 12.8. The number of carbonyl (C=O) groups is 1. The zero-order valence-electron chi connectivity index (χ0n) is 16.4. The number of ether oxygens (including phenoxy) is 1. The summed E-state index contributed by atoms with van der Waals surface area (Å²) in [7, 11) is -3.66. The predicted molar refractivity (Wildman–Crippen MR) is 101 cm³/mol. The van der Waals surface area contributed by atoms with Crippen molar-refractivity contribution in [2.45, 2.75) is 57.1 Å². The SMILES string of the molecule is CC(C)(CO)c1cc(NC(=O)C(C)(C)S(=O)(=O)CCC2CCOCC2)no1. The third kappa shape index (κ3) is 5.08. The quantitative estimate of drug-likeness (QED) is 0.681. The highest BCUT2D eigenvalue weighted by atomic mass is 32.2. The lowest BCUT2D eigenvalue weighted by Gasteiger charge is -2.26. The van der Waals surface area contributed by atoms with Gasteiger partial charge in [-0.05, 0) is 39.0 Å². The molecule has 1 aliphatic rings. The van der Waals surface area contributed by atoms with Crippen LogP contribution in [0, 0.1) is 5.92 Å². The van der Waals surface area contributed by atoms with Crippen LogP contribution >= 0.6 is 0 Å². The fourth-order valence-electron chi connectivity index (χ4n) is 2.75. The average Bonchev–Trinajstić information content (AvgIpc) is 3.10. The molecule has 1 fully saturated rings. The van der Waals surface area contributed by atoms with Crippen LogP contribution in [0.4, 0.5) is 5.82 Å². The molecule has 154 valence electrons. The maximum Gasteiger partial charge on any atom is 0.246 e. The fraction of sp³-hybridized carbons (Fsp3) is 0.778. The zero-order chi connectivity index (χ0) is 20.3. The number of hydrogen-bond donors (Lipinski definition) is 2. The first-order chi connectivity index (χ1) is 12.5. The molecule has 2 heterocycles. The van der Waals surface area contributed by atoms with Gasteiger partial charge in [0.1, 0.15) is 10.5 Å². The highest BCUT2D eigenvalue weighted by molar-refractivity contribution is 7.93. The molecule has 0 bridgehead atoms. The van der Waals surface area contributed by atoms with Crippen LogP contribution in [-0.2, 0) is 24.8 Å². The Morgan fingerprint density at radius 3 is 2.52 bits per heavy atom. The van der Waals surface area contributed by atoms with Gasteiger partial charge in [0.05, 0.1) is 12.4 Å². The van der Waals surface area contributed by atoms with Crippen LogP contribution in [-0.4, -0.2) is 54.9 Å². The van der Waals surface area contributed by atoms with Gasteiger partial charge in [-0.15, -0.1) is 0 Å². The zero-order valence-corrected chi connectivity index (χ0v) is 17.3. The van der Waals surface area contributed by atoms with Gasteiger partial charge in [0.15, 0.2) is 15.7 Å². The van der Waals surface area contributed by atoms with Crippen molar-refractivity contribution >= 4 is 21.6 Å². The van der Waals surface area contributed by atoms with E-state index in [9.17, 15) is 18.3 Å². The first-order valence-electron chi connectivity index (χ1n) is 9.19. The van der Waals surface area contributed by atoms with E-state index in [1.165, 1.54) is 19.9 Å². The van der Waals surface area contributed by atoms with Crippen molar-refractivity contribution in [1.29, 1.82) is 0 Å². The van der Waals surface area contributed by atoms with E-state index in [4.69, 9.17) is 9.26 Å². The summed E-state index contributed by atoms with van der Waals surface area (Å²) in [5, 5.41) is 15.7. The Balaban J connectivity index is 2.02. The summed E-state index contributed by atoms with van der Waals surface area (Å²) in [6, 6.07) is 1.50. The van der Waals surface area contributed by atoms with Crippen molar-refractivity contribution in [3.8, 4) is 0 Å². The molecule has 0 aromatic carbocycles. The van der Waals surface area contributed by atoms with Gasteiger partial charge in [-0.3, -0.25) is 4.79 Å². The molecule has 8 nitrogen and oxygen atoms in total. The summed E-state index contributed by atoms with van der Waals surface area (Å²) < 4.78 is 34.4. The number of aliphatic hydroxyl groups excluding tert-OH is 1. The number of nitrogens with zero attached hydrogens (tertiary/aromatic N) is 1. The third-order valence-corrected chi connectivity index (χ3v) is 7.79. The number of rotatable bonds is 8. The molecule has 0 spiro atoms. The highest BCUT2D eigenvalue weighted by Crippen LogP contribution is 2.27. The Bertz CT molecular complexity index is 748. The molecule has 1 aromatic heterocycles. The van der Waals surface area contributed by atoms with Crippen LogP contribution in [0.5, 0.6) is 0 Å². The second-order valence-corrected chi connectivity index (χ2v) is 10.9. The Kier molecular flexibility index (Phi) is 6.70. The van der Waals surface area contributed by atoms with Crippen LogP contribution < -0.4 is 5.32 Å². The summed E-state index contributed by atoms with van der Waals surface area (Å²) in [6.07, 6.45) is 2.23. The Morgan fingerprint density at radius 2 is 1.93 bits per heavy atom. The monoisotopic (exact) mass is 402 g/mol. The molecule has 1 aromatic rings. The lowest BCUT2D eigenvalue weighted by Crippen LogP contribution is -2.46. The Morgan fingerprint density at radius 1 is 1.30 bits per heavy atom. The number of aliphatic hydroxyl groups is 1. The van der Waals surface area contributed by atoms with Crippen molar-refractivity contribution in [2.24, 2.45) is 5.92 Å². The van der Waals surface area contributed by atoms with Gasteiger partial charge in [-0.2, -0.15) is 0 Å². The van der Waals surface area contributed by atoms with Crippen LogP contribution in [0.3, 0.4) is 0 Å². The number of aromatic nitrogens is 1. The normalized spacial score (nSPS) is 17.1. The van der Waals surface area contributed by atoms with Crippen molar-refractivity contribution in [1.82, 2.24) is 5.16 Å². The minimum Gasteiger partial charge on any atom is -0.395 e. The van der Waals surface area contributed by atoms with Gasteiger partial charge in [0.25, 0.3) is 0 Å². The second-order valence-electron chi connectivity index (χ2n) is 8.25. The maximum atomic E-state index is 12.8. The predicted octanol–water partition coefficient (Wildman–Crippen LogP) is 1.89. The summed E-state index contributed by atoms with van der Waals surface area (Å²) in [5.74, 6) is 0.145. The molecular formula is C18H30N2O6S.